The zero-order valence-corrected chi connectivity index (χ0v) is 11.5. The molecule has 5 nitrogen and oxygen atoms in total. The fourth-order valence-corrected chi connectivity index (χ4v) is 2.17. The molecule has 0 atom stereocenters. The first-order valence-corrected chi connectivity index (χ1v) is 6.35. The Kier molecular flexibility index (Phi) is 3.30. The van der Waals surface area contributed by atoms with Gasteiger partial charge in [0, 0.05) is 4.47 Å². The van der Waals surface area contributed by atoms with Crippen LogP contribution in [-0.2, 0) is 4.79 Å². The van der Waals surface area contributed by atoms with E-state index in [1.54, 1.807) is 6.07 Å². The van der Waals surface area contributed by atoms with E-state index in [2.05, 4.69) is 26.4 Å². The van der Waals surface area contributed by atoms with Crippen LogP contribution >= 0.6 is 15.9 Å². The molecule has 1 aromatic carbocycles. The van der Waals surface area contributed by atoms with E-state index in [-0.39, 0.29) is 11.7 Å². The molecule has 0 spiro atoms. The van der Waals surface area contributed by atoms with Crippen molar-refractivity contribution in [3.05, 3.63) is 28.2 Å². The summed E-state index contributed by atoms with van der Waals surface area (Å²) in [5.74, 6) is -0.257. The summed E-state index contributed by atoms with van der Waals surface area (Å²) in [5, 5.41) is 14.5. The standard InChI is InChI=1S/C12H14BrN3O2/c1-7-3-2-4-8(9(7)13)15-11(17)12(5-6-12)10(14)16-18/h2-4,18H,5-6H2,1H3,(H2,14,16)(H,15,17). The number of halogens is 1. The lowest BCUT2D eigenvalue weighted by molar-refractivity contribution is -0.119. The third-order valence-electron chi connectivity index (χ3n) is 3.22. The zero-order valence-electron chi connectivity index (χ0n) is 9.90. The van der Waals surface area contributed by atoms with Crippen LogP contribution in [0.2, 0.25) is 0 Å². The summed E-state index contributed by atoms with van der Waals surface area (Å²) in [6.45, 7) is 1.94. The van der Waals surface area contributed by atoms with Gasteiger partial charge in [0.15, 0.2) is 5.84 Å². The fraction of sp³-hybridized carbons (Fsp3) is 0.333. The molecule has 1 aromatic rings. The molecule has 0 aliphatic heterocycles. The zero-order chi connectivity index (χ0) is 13.3. The highest BCUT2D eigenvalue weighted by Gasteiger charge is 2.54. The highest BCUT2D eigenvalue weighted by Crippen LogP contribution is 2.47. The number of benzene rings is 1. The van der Waals surface area contributed by atoms with E-state index in [0.29, 0.717) is 18.5 Å². The van der Waals surface area contributed by atoms with Crippen molar-refractivity contribution in [3.63, 3.8) is 0 Å². The van der Waals surface area contributed by atoms with Crippen LogP contribution < -0.4 is 11.1 Å². The topological polar surface area (TPSA) is 87.7 Å². The molecule has 0 bridgehead atoms. The SMILES string of the molecule is Cc1cccc(NC(=O)C2(/C(N)=N/O)CC2)c1Br. The van der Waals surface area contributed by atoms with E-state index < -0.39 is 5.41 Å². The predicted molar refractivity (Wildman–Crippen MR) is 72.6 cm³/mol. The molecule has 0 heterocycles. The number of amidine groups is 1. The quantitative estimate of drug-likeness (QED) is 0.346. The Morgan fingerprint density at radius 1 is 1.56 bits per heavy atom. The van der Waals surface area contributed by atoms with Crippen LogP contribution in [0, 0.1) is 12.3 Å². The first-order valence-electron chi connectivity index (χ1n) is 5.56. The molecule has 6 heteroatoms. The monoisotopic (exact) mass is 311 g/mol. The van der Waals surface area contributed by atoms with E-state index in [1.165, 1.54) is 0 Å². The smallest absolute Gasteiger partial charge is 0.238 e. The van der Waals surface area contributed by atoms with Gasteiger partial charge >= 0.3 is 0 Å². The molecular formula is C12H14BrN3O2. The van der Waals surface area contributed by atoms with Crippen molar-refractivity contribution < 1.29 is 10.0 Å². The third kappa shape index (κ3) is 2.08. The molecule has 0 saturated heterocycles. The third-order valence-corrected chi connectivity index (χ3v) is 4.28. The lowest BCUT2D eigenvalue weighted by Gasteiger charge is -2.15. The molecular weight excluding hydrogens is 298 g/mol. The van der Waals surface area contributed by atoms with Crippen molar-refractivity contribution in [1.29, 1.82) is 0 Å². The van der Waals surface area contributed by atoms with Crippen LogP contribution in [0.4, 0.5) is 5.69 Å². The number of nitrogens with two attached hydrogens (primary N) is 1. The van der Waals surface area contributed by atoms with Crippen molar-refractivity contribution in [2.45, 2.75) is 19.8 Å². The molecule has 1 aliphatic rings. The maximum absolute atomic E-state index is 12.2. The van der Waals surface area contributed by atoms with Gasteiger partial charge in [-0.05, 0) is 47.3 Å². The van der Waals surface area contributed by atoms with Gasteiger partial charge in [-0.25, -0.2) is 0 Å². The lowest BCUT2D eigenvalue weighted by atomic mass is 10.0. The second kappa shape index (κ2) is 4.61. The number of aryl methyl sites for hydroxylation is 1. The van der Waals surface area contributed by atoms with Gasteiger partial charge in [-0.15, -0.1) is 0 Å². The minimum atomic E-state index is -0.835. The van der Waals surface area contributed by atoms with Crippen LogP contribution in [0.25, 0.3) is 0 Å². The number of nitrogens with zero attached hydrogens (tertiary/aromatic N) is 1. The predicted octanol–water partition coefficient (Wildman–Crippen LogP) is 2.22. The minimum Gasteiger partial charge on any atom is -0.409 e. The van der Waals surface area contributed by atoms with Gasteiger partial charge in [0.1, 0.15) is 5.41 Å². The molecule has 96 valence electrons. The van der Waals surface area contributed by atoms with Crippen LogP contribution in [0.3, 0.4) is 0 Å². The summed E-state index contributed by atoms with van der Waals surface area (Å²) < 4.78 is 0.841. The maximum atomic E-state index is 12.2. The molecule has 2 rings (SSSR count). The van der Waals surface area contributed by atoms with Gasteiger partial charge in [0.2, 0.25) is 5.91 Å². The Hall–Kier alpha value is -1.56. The van der Waals surface area contributed by atoms with E-state index in [0.717, 1.165) is 10.0 Å². The van der Waals surface area contributed by atoms with Crippen molar-refractivity contribution >= 4 is 33.4 Å². The largest absolute Gasteiger partial charge is 0.409 e. The number of nitrogens with one attached hydrogen (secondary N) is 1. The molecule has 0 aromatic heterocycles. The number of oxime groups is 1. The minimum absolute atomic E-state index is 0.0243. The average molecular weight is 312 g/mol. The Morgan fingerprint density at radius 2 is 2.22 bits per heavy atom. The summed E-state index contributed by atoms with van der Waals surface area (Å²) in [6, 6.07) is 5.60. The molecule has 1 fully saturated rings. The number of carbonyl (C=O) groups excluding carboxylic acids is 1. The molecule has 0 unspecified atom stereocenters. The molecule has 1 aliphatic carbocycles. The highest BCUT2D eigenvalue weighted by molar-refractivity contribution is 9.10. The summed E-state index contributed by atoms with van der Waals surface area (Å²) in [6.07, 6.45) is 1.22. The van der Waals surface area contributed by atoms with Gasteiger partial charge in [-0.3, -0.25) is 4.79 Å². The first kappa shape index (κ1) is 12.9. The van der Waals surface area contributed by atoms with Gasteiger partial charge < -0.3 is 16.3 Å². The van der Waals surface area contributed by atoms with E-state index in [4.69, 9.17) is 10.9 Å². The number of hydrogen-bond donors (Lipinski definition) is 3. The van der Waals surface area contributed by atoms with Gasteiger partial charge in [0.05, 0.1) is 5.69 Å². The summed E-state index contributed by atoms with van der Waals surface area (Å²) >= 11 is 3.42. The van der Waals surface area contributed by atoms with Gasteiger partial charge in [-0.1, -0.05) is 17.3 Å². The Labute approximate surface area is 113 Å². The second-order valence-electron chi connectivity index (χ2n) is 4.46. The normalized spacial score (nSPS) is 17.3. The van der Waals surface area contributed by atoms with Crippen LogP contribution in [0.15, 0.2) is 27.8 Å². The maximum Gasteiger partial charge on any atom is 0.238 e. The first-order chi connectivity index (χ1) is 8.51. The van der Waals surface area contributed by atoms with Crippen molar-refractivity contribution in [2.75, 3.05) is 5.32 Å². The number of amides is 1. The number of carbonyl (C=O) groups is 1. The average Bonchev–Trinajstić information content (AvgIpc) is 3.15. The fourth-order valence-electron chi connectivity index (χ4n) is 1.81. The summed E-state index contributed by atoms with van der Waals surface area (Å²) in [4.78, 5) is 12.2. The van der Waals surface area contributed by atoms with Crippen LogP contribution in [-0.4, -0.2) is 17.0 Å². The van der Waals surface area contributed by atoms with Crippen molar-refractivity contribution in [1.82, 2.24) is 0 Å². The number of hydrogen-bond acceptors (Lipinski definition) is 3. The van der Waals surface area contributed by atoms with E-state index in [1.807, 2.05) is 19.1 Å². The van der Waals surface area contributed by atoms with Gasteiger partial charge in [-0.2, -0.15) is 0 Å². The highest BCUT2D eigenvalue weighted by atomic mass is 79.9. The number of rotatable bonds is 3. The van der Waals surface area contributed by atoms with Crippen LogP contribution in [0.5, 0.6) is 0 Å². The lowest BCUT2D eigenvalue weighted by Crippen LogP contribution is -2.36. The number of anilines is 1. The van der Waals surface area contributed by atoms with Crippen molar-refractivity contribution in [3.8, 4) is 0 Å². The summed E-state index contributed by atoms with van der Waals surface area (Å²) in [7, 11) is 0. The molecule has 18 heavy (non-hydrogen) atoms. The molecule has 1 amide bonds. The second-order valence-corrected chi connectivity index (χ2v) is 5.25. The van der Waals surface area contributed by atoms with Crippen LogP contribution in [0.1, 0.15) is 18.4 Å². The summed E-state index contributed by atoms with van der Waals surface area (Å²) in [5.41, 5.74) is 6.45. The van der Waals surface area contributed by atoms with E-state index in [9.17, 15) is 4.79 Å². The molecule has 4 N–H and O–H groups in total. The Morgan fingerprint density at radius 3 is 2.78 bits per heavy atom. The Bertz CT molecular complexity index is 524. The van der Waals surface area contributed by atoms with E-state index >= 15 is 0 Å². The molecule has 1 saturated carbocycles. The Balaban J connectivity index is 2.20. The van der Waals surface area contributed by atoms with Crippen molar-refractivity contribution in [2.24, 2.45) is 16.3 Å². The van der Waals surface area contributed by atoms with Gasteiger partial charge in [0.25, 0.3) is 0 Å². The molecule has 0 radical (unpaired) electrons.